The van der Waals surface area contributed by atoms with E-state index in [0.717, 1.165) is 0 Å². The second-order valence-electron chi connectivity index (χ2n) is 6.91. The molecule has 0 aliphatic carbocycles. The molecule has 0 aliphatic rings. The molecule has 3 aromatic carbocycles. The van der Waals surface area contributed by atoms with E-state index >= 15 is 0 Å². The number of methoxy groups -OCH3 is 1. The zero-order valence-corrected chi connectivity index (χ0v) is 20.2. The van der Waals surface area contributed by atoms with Gasteiger partial charge in [-0.25, -0.2) is 8.42 Å². The monoisotopic (exact) mass is 508 g/mol. The van der Waals surface area contributed by atoms with Gasteiger partial charge >= 0.3 is 0 Å². The summed E-state index contributed by atoms with van der Waals surface area (Å²) in [5.74, 6) is 0.604. The summed E-state index contributed by atoms with van der Waals surface area (Å²) in [6.45, 7) is 1.82. The lowest BCUT2D eigenvalue weighted by atomic mass is 10.2. The van der Waals surface area contributed by atoms with Crippen molar-refractivity contribution in [3.05, 3.63) is 76.8 Å². The standard InChI is InChI=1S/C23H22Cl2N2O5S/c1-3-20(32-22-7-5-4-6-21(22)31-2)23(28)26-16-9-11-17(12-10-16)33(29,30)27-19-13-8-15(24)14-18(19)25/h4-14,20,27H,3H2,1-2H3,(H,26,28)/t20-/m0/s1. The highest BCUT2D eigenvalue weighted by Crippen LogP contribution is 2.29. The fraction of sp³-hybridized carbons (Fsp3) is 0.174. The summed E-state index contributed by atoms with van der Waals surface area (Å²) in [6, 6.07) is 17.2. The van der Waals surface area contributed by atoms with Crippen LogP contribution < -0.4 is 19.5 Å². The van der Waals surface area contributed by atoms with Gasteiger partial charge in [-0.15, -0.1) is 0 Å². The van der Waals surface area contributed by atoms with E-state index in [1.807, 2.05) is 6.92 Å². The predicted molar refractivity (Wildman–Crippen MR) is 130 cm³/mol. The average molecular weight is 509 g/mol. The first-order chi connectivity index (χ1) is 15.7. The number of hydrogen-bond acceptors (Lipinski definition) is 5. The molecule has 0 saturated heterocycles. The second-order valence-corrected chi connectivity index (χ2v) is 9.43. The Balaban J connectivity index is 1.69. The highest BCUT2D eigenvalue weighted by atomic mass is 35.5. The number of ether oxygens (including phenoxy) is 2. The predicted octanol–water partition coefficient (Wildman–Crippen LogP) is 5.60. The summed E-state index contributed by atoms with van der Waals surface area (Å²) in [5.41, 5.74) is 0.628. The lowest BCUT2D eigenvalue weighted by molar-refractivity contribution is -0.122. The summed E-state index contributed by atoms with van der Waals surface area (Å²) in [7, 11) is -2.37. The molecule has 3 rings (SSSR count). The van der Waals surface area contributed by atoms with Crippen LogP contribution in [0.25, 0.3) is 0 Å². The van der Waals surface area contributed by atoms with Crippen LogP contribution in [0.4, 0.5) is 11.4 Å². The van der Waals surface area contributed by atoms with Gasteiger partial charge in [0.25, 0.3) is 15.9 Å². The van der Waals surface area contributed by atoms with Crippen molar-refractivity contribution in [1.82, 2.24) is 0 Å². The number of para-hydroxylation sites is 2. The van der Waals surface area contributed by atoms with E-state index in [-0.39, 0.29) is 21.5 Å². The third-order valence-electron chi connectivity index (χ3n) is 4.61. The number of carbonyl (C=O) groups excluding carboxylic acids is 1. The van der Waals surface area contributed by atoms with Crippen molar-refractivity contribution in [1.29, 1.82) is 0 Å². The fourth-order valence-electron chi connectivity index (χ4n) is 2.91. The van der Waals surface area contributed by atoms with Gasteiger partial charge < -0.3 is 14.8 Å². The SMILES string of the molecule is CC[C@H](Oc1ccccc1OC)C(=O)Nc1ccc(S(=O)(=O)Nc2ccc(Cl)cc2Cl)cc1. The van der Waals surface area contributed by atoms with Gasteiger partial charge in [-0.1, -0.05) is 42.3 Å². The Bertz CT molecular complexity index is 1230. The lowest BCUT2D eigenvalue weighted by Gasteiger charge is -2.19. The van der Waals surface area contributed by atoms with Crippen LogP contribution >= 0.6 is 23.2 Å². The maximum Gasteiger partial charge on any atom is 0.265 e. The number of carbonyl (C=O) groups is 1. The Hall–Kier alpha value is -2.94. The molecule has 0 spiro atoms. The molecule has 1 atom stereocenters. The molecule has 7 nitrogen and oxygen atoms in total. The maximum absolute atomic E-state index is 12.7. The fourth-order valence-corrected chi connectivity index (χ4v) is 4.50. The normalized spacial score (nSPS) is 12.0. The van der Waals surface area contributed by atoms with Gasteiger partial charge in [0.15, 0.2) is 17.6 Å². The minimum absolute atomic E-state index is 0.00355. The van der Waals surface area contributed by atoms with Crippen LogP contribution in [0, 0.1) is 0 Å². The third kappa shape index (κ3) is 6.31. The first-order valence-electron chi connectivity index (χ1n) is 9.92. The van der Waals surface area contributed by atoms with Gasteiger partial charge in [0.05, 0.1) is 22.7 Å². The number of nitrogens with one attached hydrogen (secondary N) is 2. The van der Waals surface area contributed by atoms with Crippen molar-refractivity contribution in [2.24, 2.45) is 0 Å². The van der Waals surface area contributed by atoms with E-state index in [1.54, 1.807) is 24.3 Å². The van der Waals surface area contributed by atoms with Gasteiger partial charge in [0, 0.05) is 10.7 Å². The van der Waals surface area contributed by atoms with Crippen LogP contribution in [0.1, 0.15) is 13.3 Å². The molecule has 0 fully saturated rings. The Morgan fingerprint density at radius 3 is 2.27 bits per heavy atom. The van der Waals surface area contributed by atoms with Crippen LogP contribution in [0.15, 0.2) is 71.6 Å². The number of hydrogen-bond donors (Lipinski definition) is 2. The number of benzene rings is 3. The van der Waals surface area contributed by atoms with E-state index in [0.29, 0.717) is 28.6 Å². The Kier molecular flexibility index (Phi) is 8.07. The molecule has 10 heteroatoms. The molecular weight excluding hydrogens is 487 g/mol. The van der Waals surface area contributed by atoms with Gasteiger partial charge in [-0.3, -0.25) is 9.52 Å². The van der Waals surface area contributed by atoms with Crippen molar-refractivity contribution in [2.45, 2.75) is 24.3 Å². The smallest absolute Gasteiger partial charge is 0.265 e. The van der Waals surface area contributed by atoms with Crippen LogP contribution in [0.3, 0.4) is 0 Å². The third-order valence-corrected chi connectivity index (χ3v) is 6.54. The molecule has 0 aromatic heterocycles. The summed E-state index contributed by atoms with van der Waals surface area (Å²) >= 11 is 11.9. The van der Waals surface area contributed by atoms with Crippen molar-refractivity contribution in [3.63, 3.8) is 0 Å². The molecule has 2 N–H and O–H groups in total. The van der Waals surface area contributed by atoms with E-state index in [4.69, 9.17) is 32.7 Å². The number of halogens is 2. The highest BCUT2D eigenvalue weighted by molar-refractivity contribution is 7.92. The Morgan fingerprint density at radius 2 is 1.67 bits per heavy atom. The number of sulfonamides is 1. The molecule has 1 amide bonds. The summed E-state index contributed by atoms with van der Waals surface area (Å²) in [4.78, 5) is 12.7. The molecule has 0 radical (unpaired) electrons. The second kappa shape index (κ2) is 10.8. The summed E-state index contributed by atoms with van der Waals surface area (Å²) in [5, 5.41) is 3.31. The van der Waals surface area contributed by atoms with Crippen molar-refractivity contribution < 1.29 is 22.7 Å². The molecule has 0 saturated carbocycles. The van der Waals surface area contributed by atoms with E-state index < -0.39 is 16.1 Å². The average Bonchev–Trinajstić information content (AvgIpc) is 2.79. The molecule has 174 valence electrons. The zero-order valence-electron chi connectivity index (χ0n) is 17.8. The van der Waals surface area contributed by atoms with Crippen LogP contribution in [-0.2, 0) is 14.8 Å². The van der Waals surface area contributed by atoms with Crippen molar-refractivity contribution >= 4 is 50.5 Å². The largest absolute Gasteiger partial charge is 0.493 e. The van der Waals surface area contributed by atoms with Crippen LogP contribution in [-0.4, -0.2) is 27.5 Å². The first-order valence-corrected chi connectivity index (χ1v) is 12.2. The van der Waals surface area contributed by atoms with Gasteiger partial charge in [0.2, 0.25) is 0 Å². The topological polar surface area (TPSA) is 93.7 Å². The Labute approximate surface area is 202 Å². The number of amides is 1. The minimum Gasteiger partial charge on any atom is -0.493 e. The summed E-state index contributed by atoms with van der Waals surface area (Å²) in [6.07, 6.45) is -0.347. The van der Waals surface area contributed by atoms with Gasteiger partial charge in [0.1, 0.15) is 0 Å². The number of rotatable bonds is 9. The lowest BCUT2D eigenvalue weighted by Crippen LogP contribution is -2.32. The van der Waals surface area contributed by atoms with Crippen molar-refractivity contribution in [2.75, 3.05) is 17.1 Å². The van der Waals surface area contributed by atoms with E-state index in [2.05, 4.69) is 10.0 Å². The van der Waals surface area contributed by atoms with Crippen LogP contribution in [0.2, 0.25) is 10.0 Å². The molecule has 0 aliphatic heterocycles. The molecule has 0 heterocycles. The summed E-state index contributed by atoms with van der Waals surface area (Å²) < 4.78 is 38.8. The molecular formula is C23H22Cl2N2O5S. The Morgan fingerprint density at radius 1 is 1.00 bits per heavy atom. The first kappa shape index (κ1) is 24.7. The van der Waals surface area contributed by atoms with Gasteiger partial charge in [-0.2, -0.15) is 0 Å². The van der Waals surface area contributed by atoms with E-state index in [1.165, 1.54) is 49.6 Å². The van der Waals surface area contributed by atoms with Gasteiger partial charge in [-0.05, 0) is 61.0 Å². The molecule has 0 unspecified atom stereocenters. The van der Waals surface area contributed by atoms with Crippen molar-refractivity contribution in [3.8, 4) is 11.5 Å². The minimum atomic E-state index is -3.89. The maximum atomic E-state index is 12.7. The highest BCUT2D eigenvalue weighted by Gasteiger charge is 2.21. The zero-order chi connectivity index (χ0) is 24.0. The molecule has 33 heavy (non-hydrogen) atoms. The molecule has 0 bridgehead atoms. The molecule has 3 aromatic rings. The van der Waals surface area contributed by atoms with Crippen LogP contribution in [0.5, 0.6) is 11.5 Å². The number of anilines is 2. The van der Waals surface area contributed by atoms with E-state index in [9.17, 15) is 13.2 Å². The quantitative estimate of drug-likeness (QED) is 0.392.